The molecule has 90 valence electrons. The molecule has 0 N–H and O–H groups in total. The highest BCUT2D eigenvalue weighted by atomic mass is 79.9. The summed E-state index contributed by atoms with van der Waals surface area (Å²) in [6, 6.07) is 16.4. The number of aromatic nitrogens is 1. The van der Waals surface area contributed by atoms with Crippen molar-refractivity contribution < 1.29 is 0 Å². The number of rotatable bonds is 2. The number of hydrogen-bond acceptors (Lipinski definition) is 0. The summed E-state index contributed by atoms with van der Waals surface area (Å²) < 4.78 is 3.37. The van der Waals surface area contributed by atoms with Gasteiger partial charge in [0.15, 0.2) is 0 Å². The van der Waals surface area contributed by atoms with E-state index in [9.17, 15) is 0 Å². The standard InChI is InChI=1S/C15H11BrClN/c16-14-2-1-3-15-13(14)8-9-18(15)10-11-4-6-12(17)7-5-11/h1-9H,10H2. The summed E-state index contributed by atoms with van der Waals surface area (Å²) in [6.45, 7) is 0.858. The van der Waals surface area contributed by atoms with Crippen LogP contribution in [0.1, 0.15) is 5.56 Å². The van der Waals surface area contributed by atoms with Crippen LogP contribution < -0.4 is 0 Å². The first kappa shape index (κ1) is 11.8. The first-order valence-electron chi connectivity index (χ1n) is 5.72. The molecule has 0 radical (unpaired) electrons. The van der Waals surface area contributed by atoms with Gasteiger partial charge in [0.2, 0.25) is 0 Å². The number of benzene rings is 2. The molecule has 0 spiro atoms. The maximum atomic E-state index is 5.90. The smallest absolute Gasteiger partial charge is 0.0494 e. The predicted octanol–water partition coefficient (Wildman–Crippen LogP) is 5.11. The summed E-state index contributed by atoms with van der Waals surface area (Å²) >= 11 is 9.47. The van der Waals surface area contributed by atoms with Crippen LogP contribution in [0.3, 0.4) is 0 Å². The second kappa shape index (κ2) is 4.79. The van der Waals surface area contributed by atoms with Gasteiger partial charge in [-0.1, -0.05) is 45.7 Å². The third kappa shape index (κ3) is 2.18. The van der Waals surface area contributed by atoms with Gasteiger partial charge in [0.25, 0.3) is 0 Å². The van der Waals surface area contributed by atoms with Crippen LogP contribution in [0, 0.1) is 0 Å². The lowest BCUT2D eigenvalue weighted by Crippen LogP contribution is -1.97. The van der Waals surface area contributed by atoms with Crippen molar-refractivity contribution in [2.75, 3.05) is 0 Å². The zero-order valence-corrected chi connectivity index (χ0v) is 11.9. The molecule has 1 heterocycles. The van der Waals surface area contributed by atoms with Crippen LogP contribution >= 0.6 is 27.5 Å². The Kier molecular flexibility index (Phi) is 3.14. The fourth-order valence-corrected chi connectivity index (χ4v) is 2.72. The molecule has 0 fully saturated rings. The Morgan fingerprint density at radius 3 is 2.56 bits per heavy atom. The lowest BCUT2D eigenvalue weighted by Gasteiger charge is -2.06. The minimum Gasteiger partial charge on any atom is -0.343 e. The van der Waals surface area contributed by atoms with Crippen LogP contribution in [-0.4, -0.2) is 4.57 Å². The van der Waals surface area contributed by atoms with Crippen molar-refractivity contribution in [3.05, 3.63) is 69.8 Å². The molecule has 0 aliphatic heterocycles. The minimum atomic E-state index is 0.777. The molecule has 0 bridgehead atoms. The molecule has 0 atom stereocenters. The van der Waals surface area contributed by atoms with Gasteiger partial charge in [-0.15, -0.1) is 0 Å². The van der Waals surface area contributed by atoms with Crippen LogP contribution in [0.15, 0.2) is 59.2 Å². The van der Waals surface area contributed by atoms with Gasteiger partial charge in [-0.05, 0) is 35.9 Å². The molecular formula is C15H11BrClN. The summed E-state index contributed by atoms with van der Waals surface area (Å²) in [6.07, 6.45) is 2.12. The predicted molar refractivity (Wildman–Crippen MR) is 80.2 cm³/mol. The average molecular weight is 321 g/mol. The van der Waals surface area contributed by atoms with Gasteiger partial charge in [0.1, 0.15) is 0 Å². The Bertz CT molecular complexity index is 685. The molecular weight excluding hydrogens is 310 g/mol. The van der Waals surface area contributed by atoms with Crippen molar-refractivity contribution in [2.45, 2.75) is 6.54 Å². The maximum absolute atomic E-state index is 5.90. The van der Waals surface area contributed by atoms with E-state index in [1.807, 2.05) is 12.1 Å². The van der Waals surface area contributed by atoms with Crippen molar-refractivity contribution in [2.24, 2.45) is 0 Å². The van der Waals surface area contributed by atoms with Crippen LogP contribution in [0.25, 0.3) is 10.9 Å². The van der Waals surface area contributed by atoms with Crippen LogP contribution in [-0.2, 0) is 6.54 Å². The first-order chi connectivity index (χ1) is 8.74. The SMILES string of the molecule is Clc1ccc(Cn2ccc3c(Br)cccc32)cc1. The van der Waals surface area contributed by atoms with E-state index < -0.39 is 0 Å². The quantitative estimate of drug-likeness (QED) is 0.618. The Morgan fingerprint density at radius 2 is 1.78 bits per heavy atom. The zero-order chi connectivity index (χ0) is 12.5. The zero-order valence-electron chi connectivity index (χ0n) is 9.61. The lowest BCUT2D eigenvalue weighted by atomic mass is 10.2. The average Bonchev–Trinajstić information content (AvgIpc) is 2.77. The maximum Gasteiger partial charge on any atom is 0.0494 e. The minimum absolute atomic E-state index is 0.777. The molecule has 0 amide bonds. The Labute approximate surface area is 119 Å². The van der Waals surface area contributed by atoms with Gasteiger partial charge in [-0.25, -0.2) is 0 Å². The Balaban J connectivity index is 2.00. The molecule has 2 aromatic carbocycles. The van der Waals surface area contributed by atoms with E-state index in [1.165, 1.54) is 16.5 Å². The van der Waals surface area contributed by atoms with E-state index in [1.54, 1.807) is 0 Å². The second-order valence-corrected chi connectivity index (χ2v) is 5.53. The van der Waals surface area contributed by atoms with Crippen molar-refractivity contribution >= 4 is 38.4 Å². The number of fused-ring (bicyclic) bond motifs is 1. The van der Waals surface area contributed by atoms with Gasteiger partial charge >= 0.3 is 0 Å². The highest BCUT2D eigenvalue weighted by Crippen LogP contribution is 2.25. The van der Waals surface area contributed by atoms with E-state index in [2.05, 4.69) is 63.1 Å². The van der Waals surface area contributed by atoms with Crippen molar-refractivity contribution in [1.82, 2.24) is 4.57 Å². The van der Waals surface area contributed by atoms with Crippen LogP contribution in [0.5, 0.6) is 0 Å². The van der Waals surface area contributed by atoms with Gasteiger partial charge in [0, 0.05) is 33.1 Å². The number of hydrogen-bond donors (Lipinski definition) is 0. The normalized spacial score (nSPS) is 11.0. The largest absolute Gasteiger partial charge is 0.343 e. The topological polar surface area (TPSA) is 4.93 Å². The molecule has 3 aromatic rings. The second-order valence-electron chi connectivity index (χ2n) is 4.24. The van der Waals surface area contributed by atoms with Gasteiger partial charge < -0.3 is 4.57 Å². The van der Waals surface area contributed by atoms with Gasteiger partial charge in [0.05, 0.1) is 0 Å². The van der Waals surface area contributed by atoms with Crippen molar-refractivity contribution in [1.29, 1.82) is 0 Å². The monoisotopic (exact) mass is 319 g/mol. The van der Waals surface area contributed by atoms with E-state index in [0.29, 0.717) is 0 Å². The Hall–Kier alpha value is -1.25. The molecule has 3 heteroatoms. The van der Waals surface area contributed by atoms with Gasteiger partial charge in [-0.2, -0.15) is 0 Å². The highest BCUT2D eigenvalue weighted by molar-refractivity contribution is 9.10. The number of halogens is 2. The molecule has 0 saturated heterocycles. The van der Waals surface area contributed by atoms with Crippen molar-refractivity contribution in [3.63, 3.8) is 0 Å². The van der Waals surface area contributed by atoms with E-state index >= 15 is 0 Å². The molecule has 0 saturated carbocycles. The van der Waals surface area contributed by atoms with E-state index in [-0.39, 0.29) is 0 Å². The molecule has 1 aromatic heterocycles. The molecule has 0 aliphatic rings. The molecule has 1 nitrogen and oxygen atoms in total. The van der Waals surface area contributed by atoms with Crippen molar-refractivity contribution in [3.8, 4) is 0 Å². The van der Waals surface area contributed by atoms with E-state index in [4.69, 9.17) is 11.6 Å². The van der Waals surface area contributed by atoms with Crippen LogP contribution in [0.4, 0.5) is 0 Å². The summed E-state index contributed by atoms with van der Waals surface area (Å²) in [5.41, 5.74) is 2.48. The van der Waals surface area contributed by atoms with E-state index in [0.717, 1.165) is 16.0 Å². The Morgan fingerprint density at radius 1 is 1.00 bits per heavy atom. The lowest BCUT2D eigenvalue weighted by molar-refractivity contribution is 0.837. The third-order valence-corrected chi connectivity index (χ3v) is 3.97. The fraction of sp³-hybridized carbons (Fsp3) is 0.0667. The fourth-order valence-electron chi connectivity index (χ4n) is 2.11. The first-order valence-corrected chi connectivity index (χ1v) is 6.89. The third-order valence-electron chi connectivity index (χ3n) is 3.03. The molecule has 0 unspecified atom stereocenters. The summed E-state index contributed by atoms with van der Waals surface area (Å²) in [5, 5.41) is 2.02. The number of nitrogens with zero attached hydrogens (tertiary/aromatic N) is 1. The van der Waals surface area contributed by atoms with Crippen LogP contribution in [0.2, 0.25) is 5.02 Å². The summed E-state index contributed by atoms with van der Waals surface area (Å²) in [4.78, 5) is 0. The molecule has 18 heavy (non-hydrogen) atoms. The summed E-state index contributed by atoms with van der Waals surface area (Å²) in [5.74, 6) is 0. The molecule has 0 aliphatic carbocycles. The van der Waals surface area contributed by atoms with Gasteiger partial charge in [-0.3, -0.25) is 0 Å². The summed E-state index contributed by atoms with van der Waals surface area (Å²) in [7, 11) is 0. The highest BCUT2D eigenvalue weighted by Gasteiger charge is 2.04. The molecule has 3 rings (SSSR count).